The Bertz CT molecular complexity index is 594. The Morgan fingerprint density at radius 2 is 2.32 bits per heavy atom. The molecule has 0 unspecified atom stereocenters. The first-order valence-corrected chi connectivity index (χ1v) is 5.61. The smallest absolute Gasteiger partial charge is 0.337 e. The number of benzene rings is 1. The van der Waals surface area contributed by atoms with Crippen molar-refractivity contribution in [1.82, 2.24) is 10.1 Å². The van der Waals surface area contributed by atoms with E-state index in [0.29, 0.717) is 35.2 Å². The van der Waals surface area contributed by atoms with E-state index >= 15 is 0 Å². The number of nitrogens with two attached hydrogens (primary N) is 1. The third kappa shape index (κ3) is 3.01. The van der Waals surface area contributed by atoms with Crippen LogP contribution in [0.2, 0.25) is 0 Å². The maximum Gasteiger partial charge on any atom is 0.337 e. The molecule has 7 heteroatoms. The normalized spacial score (nSPS) is 10.2. The van der Waals surface area contributed by atoms with Crippen molar-refractivity contribution in [2.75, 3.05) is 18.2 Å². The number of nitrogens with zero attached hydrogens (tertiary/aromatic N) is 2. The van der Waals surface area contributed by atoms with Gasteiger partial charge in [-0.3, -0.25) is 0 Å². The number of esters is 1. The zero-order valence-electron chi connectivity index (χ0n) is 10.6. The van der Waals surface area contributed by atoms with Crippen molar-refractivity contribution in [3.8, 4) is 0 Å². The Hall–Kier alpha value is -2.57. The molecule has 0 saturated carbocycles. The molecule has 0 saturated heterocycles. The standard InChI is InChI=1S/C12H14N4O3/c1-7-15-11(16-19-7)6-14-10-5-8(12(17)18-2)3-4-9(10)13/h3-5,14H,6,13H2,1-2H3. The summed E-state index contributed by atoms with van der Waals surface area (Å²) < 4.78 is 9.51. The first kappa shape index (κ1) is 12.9. The van der Waals surface area contributed by atoms with Crippen molar-refractivity contribution < 1.29 is 14.1 Å². The average Bonchev–Trinajstić information content (AvgIpc) is 2.82. The van der Waals surface area contributed by atoms with Gasteiger partial charge in [0.2, 0.25) is 5.89 Å². The van der Waals surface area contributed by atoms with Crippen LogP contribution in [0.5, 0.6) is 0 Å². The number of hydrogen-bond acceptors (Lipinski definition) is 7. The number of nitrogens with one attached hydrogen (secondary N) is 1. The van der Waals surface area contributed by atoms with Crippen molar-refractivity contribution in [3.05, 3.63) is 35.5 Å². The quantitative estimate of drug-likeness (QED) is 0.633. The number of aromatic nitrogens is 2. The first-order valence-electron chi connectivity index (χ1n) is 5.61. The summed E-state index contributed by atoms with van der Waals surface area (Å²) in [4.78, 5) is 15.5. The van der Waals surface area contributed by atoms with E-state index in [1.807, 2.05) is 0 Å². The summed E-state index contributed by atoms with van der Waals surface area (Å²) in [5.74, 6) is 0.590. The molecule has 1 aromatic carbocycles. The zero-order chi connectivity index (χ0) is 13.8. The maximum atomic E-state index is 11.4. The Kier molecular flexibility index (Phi) is 3.65. The molecule has 0 spiro atoms. The SMILES string of the molecule is COC(=O)c1ccc(N)c(NCc2noc(C)n2)c1. The summed E-state index contributed by atoms with van der Waals surface area (Å²) in [6.45, 7) is 2.06. The van der Waals surface area contributed by atoms with Gasteiger partial charge in [0.1, 0.15) is 0 Å². The number of hydrogen-bond donors (Lipinski definition) is 2. The van der Waals surface area contributed by atoms with Crippen LogP contribution in [0.15, 0.2) is 22.7 Å². The highest BCUT2D eigenvalue weighted by Gasteiger charge is 2.09. The lowest BCUT2D eigenvalue weighted by molar-refractivity contribution is 0.0601. The predicted molar refractivity (Wildman–Crippen MR) is 68.6 cm³/mol. The molecular formula is C12H14N4O3. The largest absolute Gasteiger partial charge is 0.465 e. The van der Waals surface area contributed by atoms with E-state index in [-0.39, 0.29) is 0 Å². The highest BCUT2D eigenvalue weighted by Crippen LogP contribution is 2.21. The number of anilines is 2. The van der Waals surface area contributed by atoms with Gasteiger partial charge in [-0.05, 0) is 18.2 Å². The van der Waals surface area contributed by atoms with Crippen molar-refractivity contribution in [2.24, 2.45) is 0 Å². The van der Waals surface area contributed by atoms with E-state index in [1.54, 1.807) is 25.1 Å². The van der Waals surface area contributed by atoms with Crippen LogP contribution in [0.4, 0.5) is 11.4 Å². The fourth-order valence-corrected chi connectivity index (χ4v) is 1.54. The predicted octanol–water partition coefficient (Wildman–Crippen LogP) is 1.36. The summed E-state index contributed by atoms with van der Waals surface area (Å²) in [6, 6.07) is 4.86. The van der Waals surface area contributed by atoms with Crippen LogP contribution < -0.4 is 11.1 Å². The Morgan fingerprint density at radius 1 is 1.53 bits per heavy atom. The second-order valence-corrected chi connectivity index (χ2v) is 3.88. The molecule has 19 heavy (non-hydrogen) atoms. The highest BCUT2D eigenvalue weighted by atomic mass is 16.5. The molecule has 1 heterocycles. The van der Waals surface area contributed by atoms with Gasteiger partial charge in [0.25, 0.3) is 0 Å². The molecule has 7 nitrogen and oxygen atoms in total. The highest BCUT2D eigenvalue weighted by molar-refractivity contribution is 5.91. The van der Waals surface area contributed by atoms with Crippen LogP contribution in [0.3, 0.4) is 0 Å². The fourth-order valence-electron chi connectivity index (χ4n) is 1.54. The second kappa shape index (κ2) is 5.38. The first-order chi connectivity index (χ1) is 9.10. The topological polar surface area (TPSA) is 103 Å². The molecule has 0 aliphatic rings. The molecule has 2 rings (SSSR count). The molecule has 100 valence electrons. The summed E-state index contributed by atoms with van der Waals surface area (Å²) in [5, 5.41) is 6.80. The van der Waals surface area contributed by atoms with Crippen LogP contribution in [-0.2, 0) is 11.3 Å². The van der Waals surface area contributed by atoms with Gasteiger partial charge in [0, 0.05) is 6.92 Å². The van der Waals surface area contributed by atoms with Gasteiger partial charge in [-0.1, -0.05) is 5.16 Å². The minimum absolute atomic E-state index is 0.353. The van der Waals surface area contributed by atoms with Gasteiger partial charge >= 0.3 is 5.97 Å². The number of carbonyl (C=O) groups is 1. The fraction of sp³-hybridized carbons (Fsp3) is 0.250. The lowest BCUT2D eigenvalue weighted by Crippen LogP contribution is -2.07. The maximum absolute atomic E-state index is 11.4. The van der Waals surface area contributed by atoms with Gasteiger partial charge < -0.3 is 20.3 Å². The number of methoxy groups -OCH3 is 1. The van der Waals surface area contributed by atoms with E-state index in [9.17, 15) is 4.79 Å². The van der Waals surface area contributed by atoms with E-state index in [4.69, 9.17) is 10.3 Å². The Balaban J connectivity index is 2.12. The molecule has 0 radical (unpaired) electrons. The molecular weight excluding hydrogens is 248 g/mol. The van der Waals surface area contributed by atoms with Crippen LogP contribution in [-0.4, -0.2) is 23.2 Å². The molecule has 3 N–H and O–H groups in total. The van der Waals surface area contributed by atoms with Crippen molar-refractivity contribution >= 4 is 17.3 Å². The van der Waals surface area contributed by atoms with E-state index < -0.39 is 5.97 Å². The summed E-state index contributed by atoms with van der Waals surface area (Å²) in [7, 11) is 1.33. The van der Waals surface area contributed by atoms with E-state index in [0.717, 1.165) is 0 Å². The van der Waals surface area contributed by atoms with Gasteiger partial charge in [-0.2, -0.15) is 4.98 Å². The summed E-state index contributed by atoms with van der Waals surface area (Å²) >= 11 is 0. The number of rotatable bonds is 4. The van der Waals surface area contributed by atoms with E-state index in [1.165, 1.54) is 7.11 Å². The van der Waals surface area contributed by atoms with Crippen LogP contribution in [0.1, 0.15) is 22.1 Å². The summed E-state index contributed by atoms with van der Waals surface area (Å²) in [5.41, 5.74) is 7.38. The molecule has 0 amide bonds. The third-order valence-corrected chi connectivity index (χ3v) is 2.48. The number of aryl methyl sites for hydroxylation is 1. The lowest BCUT2D eigenvalue weighted by Gasteiger charge is -2.09. The van der Waals surface area contributed by atoms with Gasteiger partial charge in [0.15, 0.2) is 5.82 Å². The van der Waals surface area contributed by atoms with Crippen molar-refractivity contribution in [2.45, 2.75) is 13.5 Å². The van der Waals surface area contributed by atoms with Crippen molar-refractivity contribution in [3.63, 3.8) is 0 Å². The molecule has 0 aliphatic carbocycles. The molecule has 0 atom stereocenters. The third-order valence-electron chi connectivity index (χ3n) is 2.48. The minimum atomic E-state index is -0.418. The molecule has 2 aromatic rings. The lowest BCUT2D eigenvalue weighted by atomic mass is 10.1. The molecule has 0 bridgehead atoms. The molecule has 1 aromatic heterocycles. The zero-order valence-corrected chi connectivity index (χ0v) is 10.6. The monoisotopic (exact) mass is 262 g/mol. The number of ether oxygens (including phenoxy) is 1. The second-order valence-electron chi connectivity index (χ2n) is 3.88. The van der Waals surface area contributed by atoms with E-state index in [2.05, 4.69) is 20.2 Å². The van der Waals surface area contributed by atoms with Crippen LogP contribution in [0.25, 0.3) is 0 Å². The van der Waals surface area contributed by atoms with Gasteiger partial charge in [0.05, 0.1) is 30.6 Å². The van der Waals surface area contributed by atoms with Crippen LogP contribution in [0, 0.1) is 6.92 Å². The van der Waals surface area contributed by atoms with Crippen LogP contribution >= 0.6 is 0 Å². The summed E-state index contributed by atoms with van der Waals surface area (Å²) in [6.07, 6.45) is 0. The number of nitrogen functional groups attached to an aromatic ring is 1. The number of carbonyl (C=O) groups excluding carboxylic acids is 1. The molecule has 0 aliphatic heterocycles. The Morgan fingerprint density at radius 3 is 2.95 bits per heavy atom. The Labute approximate surface area is 109 Å². The van der Waals surface area contributed by atoms with Gasteiger partial charge in [-0.25, -0.2) is 4.79 Å². The average molecular weight is 262 g/mol. The minimum Gasteiger partial charge on any atom is -0.465 e. The molecule has 0 fully saturated rings. The van der Waals surface area contributed by atoms with Crippen molar-refractivity contribution in [1.29, 1.82) is 0 Å². The van der Waals surface area contributed by atoms with Gasteiger partial charge in [-0.15, -0.1) is 0 Å².